The van der Waals surface area contributed by atoms with Crippen molar-refractivity contribution in [3.8, 4) is 23.0 Å². The molecule has 0 saturated carbocycles. The number of benzene rings is 4. The Morgan fingerprint density at radius 2 is 1.17 bits per heavy atom. The molecule has 0 fully saturated rings. The van der Waals surface area contributed by atoms with Crippen molar-refractivity contribution < 1.29 is 38.1 Å². The second-order valence-corrected chi connectivity index (χ2v) is 12.9. The number of amides is 1. The van der Waals surface area contributed by atoms with Gasteiger partial charge in [0.15, 0.2) is 0 Å². The zero-order valence-corrected chi connectivity index (χ0v) is 28.3. The number of hydrogen-bond acceptors (Lipinski definition) is 8. The fourth-order valence-electron chi connectivity index (χ4n) is 6.37. The van der Waals surface area contributed by atoms with Gasteiger partial charge in [-0.15, -0.1) is 0 Å². The van der Waals surface area contributed by atoms with E-state index >= 15 is 0 Å². The molecular weight excluding hydrogens is 670 g/mol. The van der Waals surface area contributed by atoms with Gasteiger partial charge in [0.1, 0.15) is 46.2 Å². The summed E-state index contributed by atoms with van der Waals surface area (Å²) in [6, 6.07) is 26.3. The Bertz CT molecular complexity index is 2170. The number of carbonyl (C=O) groups is 4. The van der Waals surface area contributed by atoms with Crippen molar-refractivity contribution in [2.45, 2.75) is 39.7 Å². The standard InChI is InChI=1S/C22H18O4.C21H17NO4.CH4/c1-14-7-8-16-10-17-11-18(22(24)26-21(17)13-20(16)25-14)12-19(23)9-15-5-3-2-4-6-15;1-13-7-8-15-9-16-10-17(21(24)26-19(16)11-18(15)25-13)20(23)22-12-14-5-3-2-4-6-14;/h2-8,10,13,18H,1,9,11-12H2;2-9,11,17H,1,10,12H2,(H,22,23);1H4. The molecule has 0 bridgehead atoms. The van der Waals surface area contributed by atoms with Gasteiger partial charge in [0.2, 0.25) is 5.91 Å². The predicted molar refractivity (Wildman–Crippen MR) is 201 cm³/mol. The van der Waals surface area contributed by atoms with Crippen LogP contribution in [-0.2, 0) is 45.0 Å². The van der Waals surface area contributed by atoms with Crippen molar-refractivity contribution in [2.75, 3.05) is 0 Å². The van der Waals surface area contributed by atoms with Gasteiger partial charge in [0, 0.05) is 42.6 Å². The number of allylic oxidation sites excluding steroid dienone is 2. The molecule has 9 heteroatoms. The third-order valence-electron chi connectivity index (χ3n) is 9.04. The SMILES string of the molecule is C.C=C1C=Cc2cc3c(cc2O1)OC(=O)C(C(=O)NCc1ccccc1)C3.C=C1C=Cc2cc3c(cc2O1)OC(=O)C(CC(=O)Cc1ccccc1)C3. The number of ether oxygens (including phenoxy) is 4. The molecule has 0 aliphatic carbocycles. The summed E-state index contributed by atoms with van der Waals surface area (Å²) in [4.78, 5) is 49.4. The maximum absolute atomic E-state index is 12.5. The van der Waals surface area contributed by atoms with Crippen LogP contribution < -0.4 is 24.3 Å². The van der Waals surface area contributed by atoms with Crippen LogP contribution in [0.2, 0.25) is 0 Å². The quantitative estimate of drug-likeness (QED) is 0.119. The molecular formula is C44H39NO8. The molecule has 2 unspecified atom stereocenters. The monoisotopic (exact) mass is 709 g/mol. The van der Waals surface area contributed by atoms with Crippen LogP contribution in [0.15, 0.2) is 122 Å². The fraction of sp³-hybridized carbons (Fsp3) is 0.182. The number of rotatable bonds is 7. The van der Waals surface area contributed by atoms with Crippen LogP contribution in [0, 0.1) is 11.8 Å². The van der Waals surface area contributed by atoms with Crippen molar-refractivity contribution in [3.05, 3.63) is 155 Å². The Kier molecular flexibility index (Phi) is 10.8. The van der Waals surface area contributed by atoms with Gasteiger partial charge in [-0.25, -0.2) is 0 Å². The van der Waals surface area contributed by atoms with E-state index < -0.39 is 17.8 Å². The summed E-state index contributed by atoms with van der Waals surface area (Å²) < 4.78 is 22.0. The highest BCUT2D eigenvalue weighted by Crippen LogP contribution is 2.39. The largest absolute Gasteiger partial charge is 0.457 e. The summed E-state index contributed by atoms with van der Waals surface area (Å²) in [6.45, 7) is 7.89. The van der Waals surface area contributed by atoms with Crippen molar-refractivity contribution >= 4 is 35.8 Å². The third-order valence-corrected chi connectivity index (χ3v) is 9.04. The van der Waals surface area contributed by atoms with Gasteiger partial charge in [-0.2, -0.15) is 0 Å². The number of carbonyl (C=O) groups excluding carboxylic acids is 4. The lowest BCUT2D eigenvalue weighted by atomic mass is 9.89. The van der Waals surface area contributed by atoms with Crippen molar-refractivity contribution in [3.63, 3.8) is 0 Å². The molecule has 0 saturated heterocycles. The van der Waals surface area contributed by atoms with Gasteiger partial charge in [-0.3, -0.25) is 19.2 Å². The first-order valence-corrected chi connectivity index (χ1v) is 16.9. The molecule has 0 aromatic heterocycles. The summed E-state index contributed by atoms with van der Waals surface area (Å²) in [5, 5.41) is 2.81. The van der Waals surface area contributed by atoms with Crippen molar-refractivity contribution in [1.29, 1.82) is 0 Å². The van der Waals surface area contributed by atoms with Crippen LogP contribution >= 0.6 is 0 Å². The second kappa shape index (κ2) is 15.8. The zero-order valence-electron chi connectivity index (χ0n) is 28.3. The molecule has 0 spiro atoms. The van der Waals surface area contributed by atoms with Crippen LogP contribution in [-0.4, -0.2) is 23.6 Å². The average molecular weight is 710 g/mol. The summed E-state index contributed by atoms with van der Waals surface area (Å²) in [7, 11) is 0. The van der Waals surface area contributed by atoms with Crippen molar-refractivity contribution in [1.82, 2.24) is 5.32 Å². The van der Waals surface area contributed by atoms with Crippen LogP contribution in [0.25, 0.3) is 12.2 Å². The number of hydrogen-bond donors (Lipinski definition) is 1. The average Bonchev–Trinajstić information content (AvgIpc) is 3.13. The maximum Gasteiger partial charge on any atom is 0.324 e. The Labute approximate surface area is 308 Å². The highest BCUT2D eigenvalue weighted by atomic mass is 16.5. The zero-order chi connectivity index (χ0) is 36.2. The number of ketones is 1. The molecule has 4 aromatic rings. The Hall–Kier alpha value is -6.48. The lowest BCUT2D eigenvalue weighted by molar-refractivity contribution is -0.146. The summed E-state index contributed by atoms with van der Waals surface area (Å²) in [6.07, 6.45) is 8.70. The summed E-state index contributed by atoms with van der Waals surface area (Å²) in [5.74, 6) is 0.736. The molecule has 268 valence electrons. The molecule has 1 amide bonds. The molecule has 9 nitrogen and oxygen atoms in total. The minimum absolute atomic E-state index is 0. The second-order valence-electron chi connectivity index (χ2n) is 12.9. The van der Waals surface area contributed by atoms with E-state index in [1.807, 2.05) is 84.9 Å². The van der Waals surface area contributed by atoms with E-state index in [2.05, 4.69) is 18.5 Å². The summed E-state index contributed by atoms with van der Waals surface area (Å²) >= 11 is 0. The number of esters is 2. The van der Waals surface area contributed by atoms with Gasteiger partial charge < -0.3 is 24.3 Å². The topological polar surface area (TPSA) is 117 Å². The maximum atomic E-state index is 12.5. The van der Waals surface area contributed by atoms with E-state index in [4.69, 9.17) is 18.9 Å². The van der Waals surface area contributed by atoms with Gasteiger partial charge in [-0.05, 0) is 71.5 Å². The molecule has 4 heterocycles. The first-order chi connectivity index (χ1) is 25.2. The minimum Gasteiger partial charge on any atom is -0.457 e. The molecule has 2 atom stereocenters. The fourth-order valence-corrected chi connectivity index (χ4v) is 6.37. The van der Waals surface area contributed by atoms with Gasteiger partial charge in [0.05, 0.1) is 5.92 Å². The van der Waals surface area contributed by atoms with E-state index in [0.29, 0.717) is 60.3 Å². The first-order valence-electron chi connectivity index (χ1n) is 16.9. The molecule has 4 aliphatic heterocycles. The van der Waals surface area contributed by atoms with E-state index in [1.165, 1.54) is 0 Å². The lowest BCUT2D eigenvalue weighted by Crippen LogP contribution is -2.40. The molecule has 53 heavy (non-hydrogen) atoms. The minimum atomic E-state index is -0.854. The van der Waals surface area contributed by atoms with Gasteiger partial charge >= 0.3 is 11.9 Å². The molecule has 8 rings (SSSR count). The van der Waals surface area contributed by atoms with E-state index in [-0.39, 0.29) is 31.5 Å². The lowest BCUT2D eigenvalue weighted by Gasteiger charge is -2.25. The van der Waals surface area contributed by atoms with Crippen LogP contribution in [0.4, 0.5) is 0 Å². The van der Waals surface area contributed by atoms with Crippen LogP contribution in [0.5, 0.6) is 23.0 Å². The van der Waals surface area contributed by atoms with Gasteiger partial charge in [0.25, 0.3) is 0 Å². The van der Waals surface area contributed by atoms with Crippen LogP contribution in [0.1, 0.15) is 47.2 Å². The van der Waals surface area contributed by atoms with E-state index in [1.54, 1.807) is 24.3 Å². The molecule has 4 aromatic carbocycles. The molecule has 1 N–H and O–H groups in total. The molecule has 4 aliphatic rings. The number of Topliss-reactive ketones (excluding diaryl/α,β-unsaturated/α-hetero) is 1. The van der Waals surface area contributed by atoms with Crippen molar-refractivity contribution in [2.24, 2.45) is 11.8 Å². The number of fused-ring (bicyclic) bond motifs is 4. The highest BCUT2D eigenvalue weighted by molar-refractivity contribution is 6.00. The Morgan fingerprint density at radius 1 is 0.642 bits per heavy atom. The predicted octanol–water partition coefficient (Wildman–Crippen LogP) is 7.52. The van der Waals surface area contributed by atoms with Crippen LogP contribution in [0.3, 0.4) is 0 Å². The first kappa shape index (κ1) is 36.3. The third kappa shape index (κ3) is 8.53. The normalized spacial score (nSPS) is 17.4. The van der Waals surface area contributed by atoms with E-state index in [9.17, 15) is 19.2 Å². The molecule has 0 radical (unpaired) electrons. The number of nitrogens with one attached hydrogen (secondary N) is 1. The smallest absolute Gasteiger partial charge is 0.324 e. The Balaban J connectivity index is 0.000000178. The summed E-state index contributed by atoms with van der Waals surface area (Å²) in [5.41, 5.74) is 5.45. The van der Waals surface area contributed by atoms with Gasteiger partial charge in [-0.1, -0.05) is 81.2 Å². The highest BCUT2D eigenvalue weighted by Gasteiger charge is 2.35. The van der Waals surface area contributed by atoms with E-state index in [0.717, 1.165) is 33.4 Å². The Morgan fingerprint density at radius 3 is 1.75 bits per heavy atom.